The summed E-state index contributed by atoms with van der Waals surface area (Å²) in [6.07, 6.45) is 3.46. The molecule has 82 valence electrons. The zero-order chi connectivity index (χ0) is 11.2. The number of unbranched alkanes of at least 4 members (excludes halogenated alkanes) is 1. The lowest BCUT2D eigenvalue weighted by atomic mass is 10.2. The maximum Gasteiger partial charge on any atom is 0.342 e. The third-order valence-electron chi connectivity index (χ3n) is 1.54. The standard InChI is InChI=1S/C10H16Cl2O2/c1-4-5-6-7-10(11,12)9(13)14-8(2)3/h4,8H,1,5-7H2,2-3H3. The summed E-state index contributed by atoms with van der Waals surface area (Å²) in [5, 5.41) is 0. The summed E-state index contributed by atoms with van der Waals surface area (Å²) < 4.78 is 3.49. The molecule has 0 amide bonds. The smallest absolute Gasteiger partial charge is 0.342 e. The summed E-state index contributed by atoms with van der Waals surface area (Å²) in [7, 11) is 0. The Morgan fingerprint density at radius 1 is 1.57 bits per heavy atom. The number of alkyl halides is 2. The molecule has 0 spiro atoms. The lowest BCUT2D eigenvalue weighted by Gasteiger charge is -2.19. The van der Waals surface area contributed by atoms with Gasteiger partial charge in [0.05, 0.1) is 6.10 Å². The molecule has 0 radical (unpaired) electrons. The first-order valence-corrected chi connectivity index (χ1v) is 5.35. The minimum absolute atomic E-state index is 0.196. The van der Waals surface area contributed by atoms with E-state index in [4.69, 9.17) is 27.9 Å². The van der Waals surface area contributed by atoms with Crippen LogP contribution >= 0.6 is 23.2 Å². The molecule has 0 aliphatic heterocycles. The van der Waals surface area contributed by atoms with Crippen molar-refractivity contribution in [2.75, 3.05) is 0 Å². The molecule has 0 rings (SSSR count). The second-order valence-electron chi connectivity index (χ2n) is 3.34. The fourth-order valence-electron chi connectivity index (χ4n) is 0.871. The number of carbonyl (C=O) groups excluding carboxylic acids is 1. The second-order valence-corrected chi connectivity index (χ2v) is 4.82. The monoisotopic (exact) mass is 238 g/mol. The third-order valence-corrected chi connectivity index (χ3v) is 2.23. The number of hydrogen-bond acceptors (Lipinski definition) is 2. The van der Waals surface area contributed by atoms with Crippen molar-refractivity contribution in [3.05, 3.63) is 12.7 Å². The largest absolute Gasteiger partial charge is 0.461 e. The van der Waals surface area contributed by atoms with Gasteiger partial charge in [-0.3, -0.25) is 0 Å². The number of allylic oxidation sites excluding steroid dienone is 1. The van der Waals surface area contributed by atoms with E-state index in [9.17, 15) is 4.79 Å². The van der Waals surface area contributed by atoms with Gasteiger partial charge in [-0.25, -0.2) is 4.79 Å². The normalized spacial score (nSPS) is 11.5. The van der Waals surface area contributed by atoms with E-state index in [-0.39, 0.29) is 6.10 Å². The van der Waals surface area contributed by atoms with Gasteiger partial charge in [-0.05, 0) is 33.1 Å². The van der Waals surface area contributed by atoms with Crippen molar-refractivity contribution in [3.63, 3.8) is 0 Å². The number of rotatable bonds is 6. The van der Waals surface area contributed by atoms with Gasteiger partial charge >= 0.3 is 5.97 Å². The molecular formula is C10H16Cl2O2. The highest BCUT2D eigenvalue weighted by molar-refractivity contribution is 6.57. The maximum atomic E-state index is 11.4. The zero-order valence-corrected chi connectivity index (χ0v) is 10.1. The van der Waals surface area contributed by atoms with E-state index in [1.807, 2.05) is 0 Å². The van der Waals surface area contributed by atoms with Crippen LogP contribution in [0.15, 0.2) is 12.7 Å². The molecule has 0 fully saturated rings. The summed E-state index contributed by atoms with van der Waals surface area (Å²) in [5.74, 6) is -0.570. The predicted molar refractivity (Wildman–Crippen MR) is 59.7 cm³/mol. The van der Waals surface area contributed by atoms with Crippen LogP contribution < -0.4 is 0 Å². The van der Waals surface area contributed by atoms with Crippen LogP contribution in [0.1, 0.15) is 33.1 Å². The maximum absolute atomic E-state index is 11.4. The van der Waals surface area contributed by atoms with Crippen LogP contribution in [0.3, 0.4) is 0 Å². The molecule has 0 aromatic heterocycles. The molecule has 0 heterocycles. The SMILES string of the molecule is C=CCCCC(Cl)(Cl)C(=O)OC(C)C. The highest BCUT2D eigenvalue weighted by atomic mass is 35.5. The Morgan fingerprint density at radius 2 is 2.14 bits per heavy atom. The van der Waals surface area contributed by atoms with Crippen LogP contribution in [0.2, 0.25) is 0 Å². The van der Waals surface area contributed by atoms with Crippen LogP contribution in [0, 0.1) is 0 Å². The lowest BCUT2D eigenvalue weighted by Crippen LogP contribution is -2.30. The topological polar surface area (TPSA) is 26.3 Å². The molecule has 0 aromatic rings. The van der Waals surface area contributed by atoms with Gasteiger partial charge in [-0.1, -0.05) is 29.3 Å². The summed E-state index contributed by atoms with van der Waals surface area (Å²) in [6.45, 7) is 7.08. The molecule has 0 aliphatic rings. The minimum atomic E-state index is -1.42. The van der Waals surface area contributed by atoms with E-state index in [0.29, 0.717) is 6.42 Å². The highest BCUT2D eigenvalue weighted by Gasteiger charge is 2.35. The molecule has 0 unspecified atom stereocenters. The number of carbonyl (C=O) groups is 1. The molecule has 0 aliphatic carbocycles. The first-order chi connectivity index (χ1) is 6.40. The van der Waals surface area contributed by atoms with Crippen LogP contribution in [0.4, 0.5) is 0 Å². The number of ether oxygens (including phenoxy) is 1. The summed E-state index contributed by atoms with van der Waals surface area (Å²) in [4.78, 5) is 11.4. The van der Waals surface area contributed by atoms with Crippen molar-refractivity contribution in [1.82, 2.24) is 0 Å². The molecule has 0 atom stereocenters. The van der Waals surface area contributed by atoms with Gasteiger partial charge in [0, 0.05) is 0 Å². The average Bonchev–Trinajstić information content (AvgIpc) is 2.03. The summed E-state index contributed by atoms with van der Waals surface area (Å²) in [5.41, 5.74) is 0. The van der Waals surface area contributed by atoms with E-state index >= 15 is 0 Å². The Hall–Kier alpha value is -0.210. The third kappa shape index (κ3) is 5.51. The van der Waals surface area contributed by atoms with Crippen LogP contribution in [-0.2, 0) is 9.53 Å². The Labute approximate surface area is 95.2 Å². The zero-order valence-electron chi connectivity index (χ0n) is 8.56. The van der Waals surface area contributed by atoms with Gasteiger partial charge in [0.1, 0.15) is 0 Å². The fraction of sp³-hybridized carbons (Fsp3) is 0.700. The first kappa shape index (κ1) is 13.8. The van der Waals surface area contributed by atoms with Crippen LogP contribution in [-0.4, -0.2) is 16.4 Å². The Balaban J connectivity index is 4.02. The van der Waals surface area contributed by atoms with Gasteiger partial charge in [0.25, 0.3) is 0 Å². The molecule has 2 nitrogen and oxygen atoms in total. The summed E-state index contributed by atoms with van der Waals surface area (Å²) >= 11 is 11.6. The average molecular weight is 239 g/mol. The van der Waals surface area contributed by atoms with E-state index in [2.05, 4.69) is 6.58 Å². The molecule has 0 N–H and O–H groups in total. The Morgan fingerprint density at radius 3 is 2.57 bits per heavy atom. The van der Waals surface area contributed by atoms with E-state index in [0.717, 1.165) is 12.8 Å². The molecule has 0 aromatic carbocycles. The van der Waals surface area contributed by atoms with Crippen molar-refractivity contribution < 1.29 is 9.53 Å². The predicted octanol–water partition coefficient (Wildman–Crippen LogP) is 3.47. The van der Waals surface area contributed by atoms with Crippen molar-refractivity contribution in [3.8, 4) is 0 Å². The first-order valence-electron chi connectivity index (χ1n) is 4.60. The van der Waals surface area contributed by atoms with E-state index in [1.54, 1.807) is 19.9 Å². The van der Waals surface area contributed by atoms with Crippen molar-refractivity contribution in [2.45, 2.75) is 43.5 Å². The molecule has 0 bridgehead atoms. The molecule has 0 saturated heterocycles. The Bertz CT molecular complexity index is 200. The molecule has 4 heteroatoms. The number of esters is 1. The molecule has 0 saturated carbocycles. The van der Waals surface area contributed by atoms with Crippen LogP contribution in [0.5, 0.6) is 0 Å². The number of hydrogen-bond donors (Lipinski definition) is 0. The van der Waals surface area contributed by atoms with E-state index < -0.39 is 10.3 Å². The quantitative estimate of drug-likeness (QED) is 0.307. The summed E-state index contributed by atoms with van der Waals surface area (Å²) in [6, 6.07) is 0. The van der Waals surface area contributed by atoms with Crippen molar-refractivity contribution in [2.24, 2.45) is 0 Å². The molecule has 14 heavy (non-hydrogen) atoms. The minimum Gasteiger partial charge on any atom is -0.461 e. The molecular weight excluding hydrogens is 223 g/mol. The lowest BCUT2D eigenvalue weighted by molar-refractivity contribution is -0.148. The van der Waals surface area contributed by atoms with E-state index in [1.165, 1.54) is 0 Å². The van der Waals surface area contributed by atoms with Crippen molar-refractivity contribution >= 4 is 29.2 Å². The van der Waals surface area contributed by atoms with Crippen LogP contribution in [0.25, 0.3) is 0 Å². The number of halogens is 2. The van der Waals surface area contributed by atoms with Gasteiger partial charge in [-0.2, -0.15) is 0 Å². The van der Waals surface area contributed by atoms with Crippen molar-refractivity contribution in [1.29, 1.82) is 0 Å². The fourth-order valence-corrected chi connectivity index (χ4v) is 1.23. The highest BCUT2D eigenvalue weighted by Crippen LogP contribution is 2.29. The van der Waals surface area contributed by atoms with Gasteiger partial charge in [-0.15, -0.1) is 6.58 Å². The van der Waals surface area contributed by atoms with Gasteiger partial charge in [0.2, 0.25) is 4.33 Å². The Kier molecular flexibility index (Phi) is 6.21. The second kappa shape index (κ2) is 6.31. The van der Waals surface area contributed by atoms with Gasteiger partial charge < -0.3 is 4.74 Å². The van der Waals surface area contributed by atoms with Gasteiger partial charge in [0.15, 0.2) is 0 Å².